The van der Waals surface area contributed by atoms with Crippen LogP contribution in [0.3, 0.4) is 0 Å². The maximum Gasteiger partial charge on any atom is 0.264 e. The smallest absolute Gasteiger partial charge is 0.264 e. The summed E-state index contributed by atoms with van der Waals surface area (Å²) < 4.78 is 28.9. The molecule has 1 N–H and O–H groups in total. The summed E-state index contributed by atoms with van der Waals surface area (Å²) in [4.78, 5) is 28.7. The SMILES string of the molecule is Cc1ccc(S(=O)(=O)N(CC(=O)N(Cc2ccccc2Cl)C(C)C(=O)NC2CCCC2)c2cc(Cl)ccc2Cl)cc1. The Bertz CT molecular complexity index is 1510. The third kappa shape index (κ3) is 7.55. The lowest BCUT2D eigenvalue weighted by Crippen LogP contribution is -2.52. The molecule has 4 rings (SSSR count). The molecule has 2 amide bonds. The molecule has 0 saturated heterocycles. The molecule has 1 unspecified atom stereocenters. The Morgan fingerprint density at radius 1 is 0.951 bits per heavy atom. The molecular formula is C30H32Cl3N3O4S. The van der Waals surface area contributed by atoms with Gasteiger partial charge in [-0.15, -0.1) is 0 Å². The van der Waals surface area contributed by atoms with Crippen LogP contribution in [0, 0.1) is 6.92 Å². The number of anilines is 1. The molecule has 3 aromatic carbocycles. The Hall–Kier alpha value is -2.78. The first kappa shape index (κ1) is 31.2. The molecule has 0 spiro atoms. The number of nitrogens with zero attached hydrogens (tertiary/aromatic N) is 2. The van der Waals surface area contributed by atoms with Gasteiger partial charge in [-0.2, -0.15) is 0 Å². The fourth-order valence-corrected chi connectivity index (χ4v) is 6.87. The number of carbonyl (C=O) groups is 2. The minimum absolute atomic E-state index is 0.000538. The van der Waals surface area contributed by atoms with Gasteiger partial charge in [0.1, 0.15) is 12.6 Å². The van der Waals surface area contributed by atoms with E-state index in [4.69, 9.17) is 34.8 Å². The number of rotatable bonds is 10. The summed E-state index contributed by atoms with van der Waals surface area (Å²) >= 11 is 19.1. The van der Waals surface area contributed by atoms with Gasteiger partial charge in [-0.1, -0.05) is 83.5 Å². The van der Waals surface area contributed by atoms with Crippen LogP contribution in [0.5, 0.6) is 0 Å². The van der Waals surface area contributed by atoms with Gasteiger partial charge in [0.2, 0.25) is 11.8 Å². The van der Waals surface area contributed by atoms with E-state index in [1.54, 1.807) is 43.3 Å². The maximum absolute atomic E-state index is 14.1. The zero-order valence-electron chi connectivity index (χ0n) is 22.8. The van der Waals surface area contributed by atoms with Crippen molar-refractivity contribution in [2.24, 2.45) is 0 Å². The summed E-state index contributed by atoms with van der Waals surface area (Å²) in [6.45, 7) is 2.85. The van der Waals surface area contributed by atoms with Gasteiger partial charge in [0.25, 0.3) is 10.0 Å². The predicted molar refractivity (Wildman–Crippen MR) is 164 cm³/mol. The summed E-state index contributed by atoms with van der Waals surface area (Å²) in [5.74, 6) is -0.920. The lowest BCUT2D eigenvalue weighted by atomic mass is 10.1. The molecule has 0 bridgehead atoms. The molecular weight excluding hydrogens is 605 g/mol. The highest BCUT2D eigenvalue weighted by atomic mass is 35.5. The number of hydrogen-bond acceptors (Lipinski definition) is 4. The number of benzene rings is 3. The minimum atomic E-state index is -4.27. The van der Waals surface area contributed by atoms with Crippen LogP contribution in [0.15, 0.2) is 71.6 Å². The Labute approximate surface area is 256 Å². The van der Waals surface area contributed by atoms with E-state index in [1.165, 1.54) is 35.2 Å². The van der Waals surface area contributed by atoms with Crippen LogP contribution in [0.4, 0.5) is 5.69 Å². The number of carbonyl (C=O) groups excluding carboxylic acids is 2. The molecule has 3 aromatic rings. The third-order valence-corrected chi connectivity index (χ3v) is 9.93. The molecule has 1 aliphatic rings. The summed E-state index contributed by atoms with van der Waals surface area (Å²) in [7, 11) is -4.27. The van der Waals surface area contributed by atoms with Gasteiger partial charge in [-0.05, 0) is 68.7 Å². The molecule has 0 radical (unpaired) electrons. The topological polar surface area (TPSA) is 86.8 Å². The summed E-state index contributed by atoms with van der Waals surface area (Å²) in [5.41, 5.74) is 1.55. The largest absolute Gasteiger partial charge is 0.352 e. The van der Waals surface area contributed by atoms with Crippen LogP contribution in [-0.2, 0) is 26.2 Å². The fraction of sp³-hybridized carbons (Fsp3) is 0.333. The maximum atomic E-state index is 14.1. The normalized spacial score (nSPS) is 14.5. The van der Waals surface area contributed by atoms with E-state index in [2.05, 4.69) is 5.32 Å². The molecule has 0 aromatic heterocycles. The fourth-order valence-electron chi connectivity index (χ4n) is 4.81. The third-order valence-electron chi connectivity index (χ3n) is 7.23. The van der Waals surface area contributed by atoms with Gasteiger partial charge in [-0.25, -0.2) is 8.42 Å². The molecule has 1 atom stereocenters. The van der Waals surface area contributed by atoms with Crippen molar-refractivity contribution in [2.45, 2.75) is 63.1 Å². The van der Waals surface area contributed by atoms with Gasteiger partial charge in [-0.3, -0.25) is 13.9 Å². The van der Waals surface area contributed by atoms with E-state index in [0.29, 0.717) is 10.6 Å². The van der Waals surface area contributed by atoms with E-state index in [-0.39, 0.29) is 39.1 Å². The molecule has 1 saturated carbocycles. The van der Waals surface area contributed by atoms with Crippen LogP contribution in [-0.4, -0.2) is 43.8 Å². The van der Waals surface area contributed by atoms with Gasteiger partial charge in [0.15, 0.2) is 0 Å². The minimum Gasteiger partial charge on any atom is -0.352 e. The number of sulfonamides is 1. The first-order chi connectivity index (χ1) is 19.5. The molecule has 218 valence electrons. The molecule has 1 aliphatic carbocycles. The Kier molecular flexibility index (Phi) is 10.2. The number of hydrogen-bond donors (Lipinski definition) is 1. The van der Waals surface area contributed by atoms with Crippen LogP contribution >= 0.6 is 34.8 Å². The van der Waals surface area contributed by atoms with Gasteiger partial charge >= 0.3 is 0 Å². The molecule has 1 fully saturated rings. The van der Waals surface area contributed by atoms with Crippen molar-refractivity contribution in [1.82, 2.24) is 10.2 Å². The van der Waals surface area contributed by atoms with Crippen molar-refractivity contribution in [3.05, 3.63) is 92.9 Å². The Morgan fingerprint density at radius 3 is 2.27 bits per heavy atom. The van der Waals surface area contributed by atoms with E-state index < -0.39 is 28.5 Å². The second-order valence-corrected chi connectivity index (χ2v) is 13.3. The van der Waals surface area contributed by atoms with Crippen molar-refractivity contribution < 1.29 is 18.0 Å². The Balaban J connectivity index is 1.73. The monoisotopic (exact) mass is 635 g/mol. The average Bonchev–Trinajstić information content (AvgIpc) is 3.45. The van der Waals surface area contributed by atoms with Crippen LogP contribution < -0.4 is 9.62 Å². The van der Waals surface area contributed by atoms with Gasteiger partial charge in [0.05, 0.1) is 15.6 Å². The summed E-state index contributed by atoms with van der Waals surface area (Å²) in [6, 6.07) is 16.9. The zero-order valence-corrected chi connectivity index (χ0v) is 25.9. The number of amides is 2. The first-order valence-corrected chi connectivity index (χ1v) is 15.9. The second kappa shape index (κ2) is 13.5. The second-order valence-electron chi connectivity index (χ2n) is 10.2. The zero-order chi connectivity index (χ0) is 29.7. The van der Waals surface area contributed by atoms with Crippen molar-refractivity contribution in [3.8, 4) is 0 Å². The molecule has 0 heterocycles. The highest BCUT2D eigenvalue weighted by Crippen LogP contribution is 2.33. The summed E-state index contributed by atoms with van der Waals surface area (Å²) in [6.07, 6.45) is 3.83. The van der Waals surface area contributed by atoms with Crippen LogP contribution in [0.1, 0.15) is 43.7 Å². The lowest BCUT2D eigenvalue weighted by Gasteiger charge is -2.33. The highest BCUT2D eigenvalue weighted by molar-refractivity contribution is 7.92. The van der Waals surface area contributed by atoms with E-state index in [9.17, 15) is 18.0 Å². The van der Waals surface area contributed by atoms with E-state index in [0.717, 1.165) is 35.6 Å². The molecule has 0 aliphatic heterocycles. The predicted octanol–water partition coefficient (Wildman–Crippen LogP) is 6.63. The van der Waals surface area contributed by atoms with Crippen molar-refractivity contribution in [2.75, 3.05) is 10.8 Å². The average molecular weight is 637 g/mol. The molecule has 7 nitrogen and oxygen atoms in total. The van der Waals surface area contributed by atoms with Crippen molar-refractivity contribution >= 4 is 62.3 Å². The van der Waals surface area contributed by atoms with Crippen LogP contribution in [0.25, 0.3) is 0 Å². The molecule has 11 heteroatoms. The number of halogens is 3. The standard InChI is InChI=1S/C30H32Cl3N3O4S/c1-20-11-14-25(15-12-20)41(39,40)36(28-17-23(31)13-16-27(28)33)19-29(37)35(18-22-7-3-6-10-26(22)32)21(2)30(38)34-24-8-4-5-9-24/h3,6-7,10-17,21,24H,4-5,8-9,18-19H2,1-2H3,(H,34,38). The quantitative estimate of drug-likeness (QED) is 0.271. The van der Waals surface area contributed by atoms with Crippen LogP contribution in [0.2, 0.25) is 15.1 Å². The highest BCUT2D eigenvalue weighted by Gasteiger charge is 2.34. The van der Waals surface area contributed by atoms with Crippen molar-refractivity contribution in [1.29, 1.82) is 0 Å². The Morgan fingerprint density at radius 2 is 1.61 bits per heavy atom. The van der Waals surface area contributed by atoms with E-state index >= 15 is 0 Å². The number of aryl methyl sites for hydroxylation is 1. The van der Waals surface area contributed by atoms with Gasteiger partial charge < -0.3 is 10.2 Å². The van der Waals surface area contributed by atoms with Gasteiger partial charge in [0, 0.05) is 22.6 Å². The lowest BCUT2D eigenvalue weighted by molar-refractivity contribution is -0.139. The van der Waals surface area contributed by atoms with Crippen molar-refractivity contribution in [3.63, 3.8) is 0 Å². The number of nitrogens with one attached hydrogen (secondary N) is 1. The molecule has 41 heavy (non-hydrogen) atoms. The summed E-state index contributed by atoms with van der Waals surface area (Å²) in [5, 5.41) is 3.82. The first-order valence-electron chi connectivity index (χ1n) is 13.3. The van der Waals surface area contributed by atoms with E-state index in [1.807, 2.05) is 6.92 Å².